The van der Waals surface area contributed by atoms with Crippen LogP contribution in [0.5, 0.6) is 0 Å². The van der Waals surface area contributed by atoms with Crippen LogP contribution in [0.25, 0.3) is 16.9 Å². The molecule has 1 aliphatic carbocycles. The third-order valence-electron chi connectivity index (χ3n) is 7.23. The van der Waals surface area contributed by atoms with E-state index in [0.29, 0.717) is 29.8 Å². The zero-order chi connectivity index (χ0) is 25.6. The topological polar surface area (TPSA) is 60.7 Å². The Morgan fingerprint density at radius 2 is 1.59 bits per heavy atom. The lowest BCUT2D eigenvalue weighted by Crippen LogP contribution is -2.13. The number of Topliss-reactive ketones (excluding diaryl/α,β-unsaturated/α-hetero) is 1. The first-order chi connectivity index (χ1) is 18.0. The van der Waals surface area contributed by atoms with Crippen LogP contribution in [-0.2, 0) is 17.6 Å². The van der Waals surface area contributed by atoms with Gasteiger partial charge in [-0.25, -0.2) is 13.8 Å². The molecular weight excluding hydrogens is 470 g/mol. The van der Waals surface area contributed by atoms with Crippen molar-refractivity contribution in [2.45, 2.75) is 51.4 Å². The number of imidazole rings is 1. The molecule has 4 aromatic rings. The van der Waals surface area contributed by atoms with Crippen LogP contribution in [0.2, 0.25) is 0 Å². The summed E-state index contributed by atoms with van der Waals surface area (Å²) in [6.45, 7) is 0. The molecule has 0 saturated heterocycles. The maximum Gasteiger partial charge on any atom is 0.140 e. The second-order valence-electron chi connectivity index (χ2n) is 9.97. The summed E-state index contributed by atoms with van der Waals surface area (Å²) in [5, 5.41) is 8.22. The van der Waals surface area contributed by atoms with Crippen molar-refractivity contribution in [1.82, 2.24) is 19.7 Å². The van der Waals surface area contributed by atoms with Crippen LogP contribution < -0.4 is 0 Å². The summed E-state index contributed by atoms with van der Waals surface area (Å²) in [6, 6.07) is 16.2. The summed E-state index contributed by atoms with van der Waals surface area (Å²) < 4.78 is 28.8. The fraction of sp³-hybridized carbons (Fsp3) is 0.333. The molecule has 1 aliphatic rings. The minimum absolute atomic E-state index is 0.150. The molecule has 5 nitrogen and oxygen atoms in total. The lowest BCUT2D eigenvalue weighted by molar-refractivity contribution is -0.119. The average molecular weight is 501 g/mol. The number of ketones is 1. The van der Waals surface area contributed by atoms with Crippen LogP contribution in [0.3, 0.4) is 0 Å². The van der Waals surface area contributed by atoms with Gasteiger partial charge < -0.3 is 4.57 Å². The molecule has 0 N–H and O–H groups in total. The van der Waals surface area contributed by atoms with E-state index in [9.17, 15) is 13.6 Å². The van der Waals surface area contributed by atoms with Gasteiger partial charge in [-0.15, -0.1) is 0 Å². The van der Waals surface area contributed by atoms with Gasteiger partial charge in [-0.3, -0.25) is 4.79 Å². The highest BCUT2D eigenvalue weighted by Gasteiger charge is 2.23. The van der Waals surface area contributed by atoms with Crippen molar-refractivity contribution in [3.05, 3.63) is 96.2 Å². The minimum Gasteiger partial charge on any atom is -0.303 e. The first-order valence-corrected chi connectivity index (χ1v) is 12.9. The van der Waals surface area contributed by atoms with Gasteiger partial charge in [0, 0.05) is 30.1 Å². The molecule has 1 fully saturated rings. The summed E-state index contributed by atoms with van der Waals surface area (Å²) in [5.74, 6) is 1.05. The van der Waals surface area contributed by atoms with Crippen molar-refractivity contribution in [2.24, 2.45) is 11.8 Å². The van der Waals surface area contributed by atoms with E-state index in [1.54, 1.807) is 30.5 Å². The fourth-order valence-corrected chi connectivity index (χ4v) is 5.30. The highest BCUT2D eigenvalue weighted by atomic mass is 19.1. The number of benzene rings is 2. The number of rotatable bonds is 8. The van der Waals surface area contributed by atoms with E-state index in [4.69, 9.17) is 4.98 Å². The molecule has 2 aromatic carbocycles. The molecule has 2 atom stereocenters. The van der Waals surface area contributed by atoms with Gasteiger partial charge in [0.15, 0.2) is 0 Å². The zero-order valence-corrected chi connectivity index (χ0v) is 20.7. The molecule has 7 heteroatoms. The molecule has 0 bridgehead atoms. The first-order valence-electron chi connectivity index (χ1n) is 12.9. The van der Waals surface area contributed by atoms with Crippen molar-refractivity contribution in [3.8, 4) is 16.9 Å². The number of halogens is 2. The van der Waals surface area contributed by atoms with Crippen molar-refractivity contribution in [3.63, 3.8) is 0 Å². The summed E-state index contributed by atoms with van der Waals surface area (Å²) in [6.07, 6.45) is 10.6. The quantitative estimate of drug-likeness (QED) is 0.258. The van der Waals surface area contributed by atoms with Crippen molar-refractivity contribution in [2.75, 3.05) is 0 Å². The van der Waals surface area contributed by atoms with E-state index in [0.717, 1.165) is 55.5 Å². The molecular formula is C30H30F2N4O. The Balaban J connectivity index is 1.27. The fourth-order valence-electron chi connectivity index (χ4n) is 5.30. The Bertz CT molecular complexity index is 1320. The predicted octanol–water partition coefficient (Wildman–Crippen LogP) is 6.55. The summed E-state index contributed by atoms with van der Waals surface area (Å²) in [7, 11) is 0. The van der Waals surface area contributed by atoms with Gasteiger partial charge in [0.1, 0.15) is 23.2 Å². The molecule has 190 valence electrons. The highest BCUT2D eigenvalue weighted by molar-refractivity contribution is 5.80. The maximum absolute atomic E-state index is 13.5. The second kappa shape index (κ2) is 11.5. The molecule has 5 rings (SSSR count). The maximum atomic E-state index is 13.5. The smallest absolute Gasteiger partial charge is 0.140 e. The van der Waals surface area contributed by atoms with Crippen LogP contribution in [-0.4, -0.2) is 25.5 Å². The van der Waals surface area contributed by atoms with E-state index >= 15 is 0 Å². The van der Waals surface area contributed by atoms with Gasteiger partial charge in [0.05, 0.1) is 17.8 Å². The SMILES string of the molecule is O=C(Cc1nc(-c2ccc(F)cc2)cn1-c1ccc(F)cc1)CC1CCCC(Cc2cccnn2)CC1. The monoisotopic (exact) mass is 500 g/mol. The molecule has 2 heterocycles. The molecule has 0 radical (unpaired) electrons. The van der Waals surface area contributed by atoms with Gasteiger partial charge >= 0.3 is 0 Å². The Kier molecular flexibility index (Phi) is 7.78. The predicted molar refractivity (Wildman–Crippen MR) is 138 cm³/mol. The van der Waals surface area contributed by atoms with Gasteiger partial charge in [-0.2, -0.15) is 10.2 Å². The minimum atomic E-state index is -0.328. The lowest BCUT2D eigenvalue weighted by Gasteiger charge is -2.15. The van der Waals surface area contributed by atoms with Crippen molar-refractivity contribution in [1.29, 1.82) is 0 Å². The number of carbonyl (C=O) groups is 1. The Morgan fingerprint density at radius 1 is 0.892 bits per heavy atom. The first kappa shape index (κ1) is 24.9. The van der Waals surface area contributed by atoms with E-state index < -0.39 is 0 Å². The second-order valence-corrected chi connectivity index (χ2v) is 9.97. The number of carbonyl (C=O) groups excluding carboxylic acids is 1. The Morgan fingerprint density at radius 3 is 2.32 bits per heavy atom. The standard InChI is InChI=1S/C30H30F2N4O/c31-24-10-8-23(9-11-24)29-20-36(27-14-12-25(32)13-15-27)30(34-29)19-28(37)18-22-4-1-3-21(6-7-22)17-26-5-2-16-33-35-26/h2,5,8-16,20-22H,1,3-4,6-7,17-19H2. The van der Waals surface area contributed by atoms with Crippen LogP contribution in [0.15, 0.2) is 73.1 Å². The Hall–Kier alpha value is -3.74. The summed E-state index contributed by atoms with van der Waals surface area (Å²) in [5.41, 5.74) is 3.17. The number of hydrogen-bond donors (Lipinski definition) is 0. The highest BCUT2D eigenvalue weighted by Crippen LogP contribution is 2.31. The molecule has 37 heavy (non-hydrogen) atoms. The van der Waals surface area contributed by atoms with Gasteiger partial charge in [-0.05, 0) is 91.8 Å². The van der Waals surface area contributed by atoms with Gasteiger partial charge in [0.25, 0.3) is 0 Å². The van der Waals surface area contributed by atoms with E-state index in [-0.39, 0.29) is 23.8 Å². The molecule has 2 unspecified atom stereocenters. The molecule has 0 spiro atoms. The number of nitrogens with zero attached hydrogens (tertiary/aromatic N) is 4. The molecule has 2 aromatic heterocycles. The number of hydrogen-bond acceptors (Lipinski definition) is 4. The lowest BCUT2D eigenvalue weighted by atomic mass is 9.91. The van der Waals surface area contributed by atoms with E-state index in [1.165, 1.54) is 24.3 Å². The van der Waals surface area contributed by atoms with Crippen LogP contribution in [0.1, 0.15) is 50.0 Å². The summed E-state index contributed by atoms with van der Waals surface area (Å²) in [4.78, 5) is 17.9. The van der Waals surface area contributed by atoms with Crippen molar-refractivity contribution < 1.29 is 13.6 Å². The normalized spacial score (nSPS) is 17.9. The van der Waals surface area contributed by atoms with Gasteiger partial charge in [-0.1, -0.05) is 19.3 Å². The van der Waals surface area contributed by atoms with Crippen LogP contribution in [0.4, 0.5) is 8.78 Å². The van der Waals surface area contributed by atoms with Gasteiger partial charge in [0.2, 0.25) is 0 Å². The van der Waals surface area contributed by atoms with E-state index in [2.05, 4.69) is 10.2 Å². The van der Waals surface area contributed by atoms with Crippen molar-refractivity contribution >= 4 is 5.78 Å². The number of aromatic nitrogens is 4. The third-order valence-corrected chi connectivity index (χ3v) is 7.23. The average Bonchev–Trinajstić information content (AvgIpc) is 3.19. The summed E-state index contributed by atoms with van der Waals surface area (Å²) >= 11 is 0. The van der Waals surface area contributed by atoms with E-state index in [1.807, 2.05) is 22.9 Å². The third kappa shape index (κ3) is 6.53. The van der Waals surface area contributed by atoms with Crippen LogP contribution >= 0.6 is 0 Å². The molecule has 0 aliphatic heterocycles. The Labute approximate surface area is 215 Å². The largest absolute Gasteiger partial charge is 0.303 e. The molecule has 1 saturated carbocycles. The zero-order valence-electron chi connectivity index (χ0n) is 20.7. The molecule has 0 amide bonds. The van der Waals surface area contributed by atoms with Crippen LogP contribution in [0, 0.1) is 23.5 Å².